The van der Waals surface area contributed by atoms with Crippen LogP contribution in [0.5, 0.6) is 0 Å². The Kier molecular flexibility index (Phi) is 6.78. The van der Waals surface area contributed by atoms with Crippen LogP contribution in [0.2, 0.25) is 0 Å². The number of rotatable bonds is 10. The Hall–Kier alpha value is -1.65. The van der Waals surface area contributed by atoms with Crippen molar-refractivity contribution in [2.45, 2.75) is 71.8 Å². The smallest absolute Gasteiger partial charge is 0.311 e. The van der Waals surface area contributed by atoms with Crippen LogP contribution in [0.15, 0.2) is 12.2 Å². The van der Waals surface area contributed by atoms with Crippen molar-refractivity contribution in [3.63, 3.8) is 0 Å². The number of carboxylic acid groups (broad SMARTS) is 1. The summed E-state index contributed by atoms with van der Waals surface area (Å²) >= 11 is 0. The SMILES string of the molecule is CCCCCCCCC(N1C(=O)C=CC1=O)C(C)(C)C(=O)O. The minimum absolute atomic E-state index is 0.407. The molecule has 22 heavy (non-hydrogen) atoms. The third-order valence-corrected chi connectivity index (χ3v) is 4.37. The highest BCUT2D eigenvalue weighted by Crippen LogP contribution is 2.31. The highest BCUT2D eigenvalue weighted by molar-refractivity contribution is 6.13. The fraction of sp³-hybridized carbons (Fsp3) is 0.706. The summed E-state index contributed by atoms with van der Waals surface area (Å²) in [6.07, 6.45) is 9.45. The summed E-state index contributed by atoms with van der Waals surface area (Å²) in [6, 6.07) is -0.605. The van der Waals surface area contributed by atoms with Gasteiger partial charge in [-0.2, -0.15) is 0 Å². The summed E-state index contributed by atoms with van der Waals surface area (Å²) < 4.78 is 0. The van der Waals surface area contributed by atoms with Gasteiger partial charge in [-0.3, -0.25) is 19.3 Å². The molecule has 0 saturated carbocycles. The predicted octanol–water partition coefficient (Wildman–Crippen LogP) is 3.14. The van der Waals surface area contributed by atoms with Crippen molar-refractivity contribution in [3.05, 3.63) is 12.2 Å². The monoisotopic (exact) mass is 309 g/mol. The van der Waals surface area contributed by atoms with E-state index in [4.69, 9.17) is 0 Å². The second-order valence-corrected chi connectivity index (χ2v) is 6.48. The van der Waals surface area contributed by atoms with Gasteiger partial charge in [0.1, 0.15) is 0 Å². The maximum absolute atomic E-state index is 11.9. The highest BCUT2D eigenvalue weighted by Gasteiger charge is 2.44. The lowest BCUT2D eigenvalue weighted by Gasteiger charge is -2.36. The van der Waals surface area contributed by atoms with Crippen LogP contribution in [0.25, 0.3) is 0 Å². The Bertz CT molecular complexity index is 436. The van der Waals surface area contributed by atoms with Gasteiger partial charge in [-0.25, -0.2) is 0 Å². The van der Waals surface area contributed by atoms with E-state index in [-0.39, 0.29) is 0 Å². The molecule has 0 spiro atoms. The number of carbonyl (C=O) groups excluding carboxylic acids is 2. The summed E-state index contributed by atoms with van der Waals surface area (Å²) in [5, 5.41) is 9.45. The van der Waals surface area contributed by atoms with Gasteiger partial charge in [0, 0.05) is 12.2 Å². The molecular formula is C17H27NO4. The molecule has 0 fully saturated rings. The Balaban J connectivity index is 2.70. The molecule has 1 rings (SSSR count). The lowest BCUT2D eigenvalue weighted by atomic mass is 9.80. The molecule has 1 aliphatic rings. The predicted molar refractivity (Wildman–Crippen MR) is 84.2 cm³/mol. The lowest BCUT2D eigenvalue weighted by molar-refractivity contribution is -0.155. The maximum Gasteiger partial charge on any atom is 0.311 e. The maximum atomic E-state index is 11.9. The van der Waals surface area contributed by atoms with Crippen molar-refractivity contribution in [1.82, 2.24) is 4.90 Å². The molecule has 1 atom stereocenters. The topological polar surface area (TPSA) is 74.7 Å². The van der Waals surface area contributed by atoms with E-state index in [9.17, 15) is 19.5 Å². The molecule has 0 aromatic rings. The molecule has 1 N–H and O–H groups in total. The molecule has 0 saturated heterocycles. The Labute approximate surface area is 132 Å². The number of hydrogen-bond acceptors (Lipinski definition) is 3. The zero-order chi connectivity index (χ0) is 16.8. The van der Waals surface area contributed by atoms with Gasteiger partial charge in [0.15, 0.2) is 0 Å². The molecule has 0 aromatic heterocycles. The Morgan fingerprint density at radius 1 is 1.09 bits per heavy atom. The Morgan fingerprint density at radius 3 is 2.09 bits per heavy atom. The van der Waals surface area contributed by atoms with Crippen LogP contribution in [0, 0.1) is 5.41 Å². The number of imide groups is 1. The molecule has 1 aliphatic heterocycles. The molecule has 124 valence electrons. The van der Waals surface area contributed by atoms with Crippen molar-refractivity contribution >= 4 is 17.8 Å². The first-order chi connectivity index (χ1) is 10.3. The minimum Gasteiger partial charge on any atom is -0.481 e. The summed E-state index contributed by atoms with van der Waals surface area (Å²) in [4.78, 5) is 36.4. The van der Waals surface area contributed by atoms with Gasteiger partial charge >= 0.3 is 5.97 Å². The molecule has 1 heterocycles. The van der Waals surface area contributed by atoms with Gasteiger partial charge in [0.25, 0.3) is 11.8 Å². The first kappa shape index (κ1) is 18.4. The third kappa shape index (κ3) is 4.42. The van der Waals surface area contributed by atoms with Gasteiger partial charge < -0.3 is 5.11 Å². The zero-order valence-corrected chi connectivity index (χ0v) is 13.8. The first-order valence-corrected chi connectivity index (χ1v) is 8.11. The lowest BCUT2D eigenvalue weighted by Crippen LogP contribution is -2.51. The van der Waals surface area contributed by atoms with Crippen LogP contribution >= 0.6 is 0 Å². The average molecular weight is 309 g/mol. The van der Waals surface area contributed by atoms with Crippen LogP contribution in [0.3, 0.4) is 0 Å². The second-order valence-electron chi connectivity index (χ2n) is 6.48. The summed E-state index contributed by atoms with van der Waals surface area (Å²) in [7, 11) is 0. The standard InChI is InChI=1S/C17H27NO4/c1-4-5-6-7-8-9-10-13(17(2,3)16(21)22)18-14(19)11-12-15(18)20/h11-13H,4-10H2,1-3H3,(H,21,22). The van der Waals surface area contributed by atoms with E-state index < -0.39 is 29.2 Å². The van der Waals surface area contributed by atoms with Crippen LogP contribution in [-0.2, 0) is 14.4 Å². The fourth-order valence-corrected chi connectivity index (χ4v) is 2.79. The quantitative estimate of drug-likeness (QED) is 0.497. The van der Waals surface area contributed by atoms with Crippen molar-refractivity contribution in [1.29, 1.82) is 0 Å². The molecule has 0 bridgehead atoms. The number of amides is 2. The first-order valence-electron chi connectivity index (χ1n) is 8.11. The van der Waals surface area contributed by atoms with Crippen molar-refractivity contribution in [2.75, 3.05) is 0 Å². The highest BCUT2D eigenvalue weighted by atomic mass is 16.4. The van der Waals surface area contributed by atoms with Crippen molar-refractivity contribution < 1.29 is 19.5 Å². The van der Waals surface area contributed by atoms with E-state index in [0.29, 0.717) is 6.42 Å². The number of hydrogen-bond donors (Lipinski definition) is 1. The molecule has 5 nitrogen and oxygen atoms in total. The van der Waals surface area contributed by atoms with E-state index in [1.165, 1.54) is 31.4 Å². The zero-order valence-electron chi connectivity index (χ0n) is 13.8. The minimum atomic E-state index is -1.15. The third-order valence-electron chi connectivity index (χ3n) is 4.37. The van der Waals surface area contributed by atoms with E-state index in [2.05, 4.69) is 6.92 Å². The van der Waals surface area contributed by atoms with E-state index in [1.807, 2.05) is 0 Å². The summed E-state index contributed by atoms with van der Waals surface area (Å²) in [5.74, 6) is -1.80. The van der Waals surface area contributed by atoms with Gasteiger partial charge in [-0.05, 0) is 20.3 Å². The van der Waals surface area contributed by atoms with Gasteiger partial charge in [-0.1, -0.05) is 45.4 Å². The van der Waals surface area contributed by atoms with Crippen LogP contribution < -0.4 is 0 Å². The number of unbranched alkanes of at least 4 members (excludes halogenated alkanes) is 5. The van der Waals surface area contributed by atoms with Crippen molar-refractivity contribution in [3.8, 4) is 0 Å². The molecule has 0 aliphatic carbocycles. The summed E-state index contributed by atoms with van der Waals surface area (Å²) in [5.41, 5.74) is -1.15. The number of nitrogens with zero attached hydrogens (tertiary/aromatic N) is 1. The van der Waals surface area contributed by atoms with E-state index in [1.54, 1.807) is 13.8 Å². The Morgan fingerprint density at radius 2 is 1.59 bits per heavy atom. The molecular weight excluding hydrogens is 282 g/mol. The largest absolute Gasteiger partial charge is 0.481 e. The molecule has 2 amide bonds. The van der Waals surface area contributed by atoms with Crippen LogP contribution in [0.4, 0.5) is 0 Å². The van der Waals surface area contributed by atoms with E-state index >= 15 is 0 Å². The molecule has 0 aromatic carbocycles. The average Bonchev–Trinajstić information content (AvgIpc) is 2.77. The normalized spacial score (nSPS) is 16.4. The number of carbonyl (C=O) groups is 3. The fourth-order valence-electron chi connectivity index (χ4n) is 2.79. The van der Waals surface area contributed by atoms with Gasteiger partial charge in [-0.15, -0.1) is 0 Å². The van der Waals surface area contributed by atoms with Gasteiger partial charge in [0.05, 0.1) is 11.5 Å². The second kappa shape index (κ2) is 8.11. The van der Waals surface area contributed by atoms with Crippen LogP contribution in [-0.4, -0.2) is 33.8 Å². The van der Waals surface area contributed by atoms with Crippen molar-refractivity contribution in [2.24, 2.45) is 5.41 Å². The molecule has 1 unspecified atom stereocenters. The molecule has 5 heteroatoms. The molecule has 0 radical (unpaired) electrons. The summed E-state index contributed by atoms with van der Waals surface area (Å²) in [6.45, 7) is 5.31. The number of aliphatic carboxylic acids is 1. The van der Waals surface area contributed by atoms with Crippen LogP contribution in [0.1, 0.15) is 65.7 Å². The number of carboxylic acids is 1. The van der Waals surface area contributed by atoms with Gasteiger partial charge in [0.2, 0.25) is 0 Å². The van der Waals surface area contributed by atoms with E-state index in [0.717, 1.165) is 24.2 Å².